The quantitative estimate of drug-likeness (QED) is 0.175. The maximum absolute atomic E-state index is 13.8. The minimum atomic E-state index is -4.99. The monoisotopic (exact) mass is 414 g/mol. The summed E-state index contributed by atoms with van der Waals surface area (Å²) in [5, 5.41) is 0. The van der Waals surface area contributed by atoms with E-state index in [0.717, 1.165) is 21.3 Å². The zero-order chi connectivity index (χ0) is 20.5. The van der Waals surface area contributed by atoms with Crippen molar-refractivity contribution in [1.29, 1.82) is 0 Å². The Balaban J connectivity index is 4.64. The van der Waals surface area contributed by atoms with Crippen LogP contribution in [0.3, 0.4) is 0 Å². The molecule has 0 unspecified atom stereocenters. The van der Waals surface area contributed by atoms with Gasteiger partial charge in [-0.1, -0.05) is 0 Å². The molecule has 0 aliphatic carbocycles. The van der Waals surface area contributed by atoms with Gasteiger partial charge in [-0.3, -0.25) is 0 Å². The third-order valence-electron chi connectivity index (χ3n) is 3.42. The maximum Gasteiger partial charge on any atom is 0.500 e. The molecule has 0 amide bonds. The second-order valence-corrected chi connectivity index (χ2v) is 7.98. The number of ether oxygens (including phenoxy) is 5. The second kappa shape index (κ2) is 10.8. The van der Waals surface area contributed by atoms with Gasteiger partial charge >= 0.3 is 27.0 Å². The molecule has 0 radical (unpaired) electrons. The number of hydrogen-bond donors (Lipinski definition) is 0. The van der Waals surface area contributed by atoms with Crippen molar-refractivity contribution in [2.45, 2.75) is 30.7 Å². The fraction of sp³-hybridized carbons (Fsp3) is 1.00. The molecule has 0 bridgehead atoms. The molecule has 0 fully saturated rings. The van der Waals surface area contributed by atoms with Gasteiger partial charge in [0.05, 0.1) is 0 Å². The van der Waals surface area contributed by atoms with Gasteiger partial charge in [0.1, 0.15) is 6.61 Å². The molecular weight excluding hydrogens is 388 g/mol. The molecule has 0 aliphatic heterocycles. The molecule has 0 N–H and O–H groups in total. The Morgan fingerprint density at radius 3 is 1.62 bits per heavy atom. The van der Waals surface area contributed by atoms with Crippen molar-refractivity contribution >= 4 is 8.80 Å². The van der Waals surface area contributed by atoms with Crippen LogP contribution >= 0.6 is 0 Å². The molecule has 8 nitrogen and oxygen atoms in total. The van der Waals surface area contributed by atoms with E-state index in [4.69, 9.17) is 13.3 Å². The lowest BCUT2D eigenvalue weighted by molar-refractivity contribution is -0.551. The molecule has 26 heavy (non-hydrogen) atoms. The van der Waals surface area contributed by atoms with E-state index in [1.54, 1.807) is 0 Å². The maximum atomic E-state index is 13.8. The molecule has 0 atom stereocenters. The van der Waals surface area contributed by atoms with E-state index < -0.39 is 33.6 Å². The van der Waals surface area contributed by atoms with Gasteiger partial charge in [-0.05, 0) is 6.42 Å². The van der Waals surface area contributed by atoms with E-state index in [1.165, 1.54) is 21.3 Å². The van der Waals surface area contributed by atoms with Gasteiger partial charge in [0.15, 0.2) is 0 Å². The smallest absolute Gasteiger partial charge is 0.377 e. The van der Waals surface area contributed by atoms with Crippen LogP contribution in [0, 0.1) is 0 Å². The summed E-state index contributed by atoms with van der Waals surface area (Å²) in [7, 11) is 3.93. The first-order valence-electron chi connectivity index (χ1n) is 7.37. The first kappa shape index (κ1) is 25.6. The molecule has 0 saturated heterocycles. The van der Waals surface area contributed by atoms with E-state index in [-0.39, 0.29) is 19.1 Å². The first-order chi connectivity index (χ1) is 12.0. The molecule has 0 rings (SSSR count). The first-order valence-corrected chi connectivity index (χ1v) is 9.30. The van der Waals surface area contributed by atoms with Crippen LogP contribution in [-0.4, -0.2) is 82.9 Å². The zero-order valence-electron chi connectivity index (χ0n) is 15.6. The highest BCUT2D eigenvalue weighted by Crippen LogP contribution is 2.39. The topological polar surface area (TPSA) is 73.8 Å². The summed E-state index contributed by atoms with van der Waals surface area (Å²) in [5.74, 6) is -4.67. The normalized spacial score (nSPS) is 14.1. The predicted octanol–water partition coefficient (Wildman–Crippen LogP) is 2.07. The van der Waals surface area contributed by atoms with Crippen molar-refractivity contribution < 1.29 is 54.5 Å². The Morgan fingerprint density at radius 1 is 0.769 bits per heavy atom. The van der Waals surface area contributed by atoms with Gasteiger partial charge in [-0.15, -0.1) is 0 Å². The van der Waals surface area contributed by atoms with E-state index in [9.17, 15) is 17.6 Å². The van der Waals surface area contributed by atoms with E-state index >= 15 is 0 Å². The number of rotatable bonds is 15. The van der Waals surface area contributed by atoms with Crippen LogP contribution in [0.5, 0.6) is 0 Å². The third-order valence-corrected chi connectivity index (χ3v) is 6.25. The highest BCUT2D eigenvalue weighted by Gasteiger charge is 2.62. The summed E-state index contributed by atoms with van der Waals surface area (Å²) in [6.07, 6.45) is -7.57. The van der Waals surface area contributed by atoms with Gasteiger partial charge in [0, 0.05) is 55.3 Å². The van der Waals surface area contributed by atoms with Gasteiger partial charge in [-0.2, -0.15) is 17.6 Å². The van der Waals surface area contributed by atoms with Crippen molar-refractivity contribution in [3.8, 4) is 0 Å². The second-order valence-electron chi connectivity index (χ2n) is 4.89. The standard InChI is InChI=1S/C13H26F4O8Si/c1-18-13(19-2,20-3)25-12(16,17)11(14,15)10-24-8-7-9-26(21-4,22-5)23-6/h7-10H2,1-6H3. The fourth-order valence-corrected chi connectivity index (χ4v) is 3.53. The Hall–Kier alpha value is -0.383. The fourth-order valence-electron chi connectivity index (χ4n) is 1.84. The van der Waals surface area contributed by atoms with Crippen LogP contribution in [0.15, 0.2) is 0 Å². The van der Waals surface area contributed by atoms with Gasteiger partial charge in [-0.25, -0.2) is 4.74 Å². The van der Waals surface area contributed by atoms with Crippen molar-refractivity contribution in [1.82, 2.24) is 0 Å². The van der Waals surface area contributed by atoms with Gasteiger partial charge < -0.3 is 32.2 Å². The summed E-state index contributed by atoms with van der Waals surface area (Å²) >= 11 is 0. The largest absolute Gasteiger partial charge is 0.500 e. The van der Waals surface area contributed by atoms with Gasteiger partial charge in [0.2, 0.25) is 0 Å². The number of hydrogen-bond acceptors (Lipinski definition) is 8. The van der Waals surface area contributed by atoms with Crippen LogP contribution in [0.1, 0.15) is 6.42 Å². The predicted molar refractivity (Wildman–Crippen MR) is 81.8 cm³/mol. The number of halogens is 4. The Bertz CT molecular complexity index is 378. The highest BCUT2D eigenvalue weighted by molar-refractivity contribution is 6.60. The molecule has 158 valence electrons. The third kappa shape index (κ3) is 6.65. The molecule has 0 saturated carbocycles. The zero-order valence-corrected chi connectivity index (χ0v) is 16.6. The molecular formula is C13H26F4O8Si. The summed E-state index contributed by atoms with van der Waals surface area (Å²) in [6, 6.07) is 0.259. The Kier molecular flexibility index (Phi) is 10.7. The molecule has 0 aromatic carbocycles. The van der Waals surface area contributed by atoms with Crippen molar-refractivity contribution in [3.63, 3.8) is 0 Å². The average Bonchev–Trinajstić information content (AvgIpc) is 2.63. The summed E-state index contributed by atoms with van der Waals surface area (Å²) in [5.41, 5.74) is 0. The van der Waals surface area contributed by atoms with E-state index in [1.807, 2.05) is 0 Å². The van der Waals surface area contributed by atoms with Crippen LogP contribution in [-0.2, 0) is 37.0 Å². The number of methoxy groups -OCH3 is 3. The lowest BCUT2D eigenvalue weighted by Crippen LogP contribution is -2.54. The van der Waals surface area contributed by atoms with Crippen LogP contribution in [0.25, 0.3) is 0 Å². The summed E-state index contributed by atoms with van der Waals surface area (Å²) in [4.78, 5) is 0. The average molecular weight is 414 g/mol. The Morgan fingerprint density at radius 2 is 1.23 bits per heavy atom. The molecule has 0 heterocycles. The van der Waals surface area contributed by atoms with Crippen molar-refractivity contribution in [2.24, 2.45) is 0 Å². The summed E-state index contributed by atoms with van der Waals surface area (Å²) < 4.78 is 92.4. The Labute approximate surface area is 150 Å². The van der Waals surface area contributed by atoms with Crippen LogP contribution in [0.4, 0.5) is 17.6 Å². The summed E-state index contributed by atoms with van der Waals surface area (Å²) in [6.45, 7) is -1.85. The van der Waals surface area contributed by atoms with E-state index in [0.29, 0.717) is 0 Å². The number of alkyl halides is 4. The molecule has 0 aliphatic rings. The SMILES string of the molecule is COC(OC)(OC)OC(F)(F)C(F)(F)COCCC[Si](OC)(OC)OC. The lowest BCUT2D eigenvalue weighted by atomic mass is 10.3. The van der Waals surface area contributed by atoms with E-state index in [2.05, 4.69) is 23.7 Å². The van der Waals surface area contributed by atoms with Crippen LogP contribution < -0.4 is 0 Å². The van der Waals surface area contributed by atoms with Gasteiger partial charge in [0.25, 0.3) is 0 Å². The van der Waals surface area contributed by atoms with Crippen LogP contribution in [0.2, 0.25) is 6.04 Å². The lowest BCUT2D eigenvalue weighted by Gasteiger charge is -2.34. The molecule has 0 aromatic heterocycles. The van der Waals surface area contributed by atoms with Crippen molar-refractivity contribution in [2.75, 3.05) is 55.9 Å². The minimum Gasteiger partial charge on any atom is -0.377 e. The molecule has 0 spiro atoms. The minimum absolute atomic E-state index is 0.197. The van der Waals surface area contributed by atoms with Crippen molar-refractivity contribution in [3.05, 3.63) is 0 Å². The highest BCUT2D eigenvalue weighted by atomic mass is 28.4. The molecule has 13 heteroatoms. The molecule has 0 aromatic rings.